The van der Waals surface area contributed by atoms with Crippen LogP contribution in [-0.4, -0.2) is 10.9 Å². The van der Waals surface area contributed by atoms with Gasteiger partial charge in [-0.25, -0.2) is 4.98 Å². The number of aromatic nitrogens is 1. The number of hydrogen-bond acceptors (Lipinski definition) is 3. The number of anilines is 1. The molecule has 0 spiro atoms. The first kappa shape index (κ1) is 13.1. The number of hydrogen-bond donors (Lipinski definition) is 3. The highest BCUT2D eigenvalue weighted by molar-refractivity contribution is 7.15. The number of thiazole rings is 1. The molecule has 1 aliphatic carbocycles. The quantitative estimate of drug-likeness (QED) is 0.587. The van der Waals surface area contributed by atoms with E-state index in [1.165, 1.54) is 21.7 Å². The first-order chi connectivity index (χ1) is 9.61. The second-order valence-corrected chi connectivity index (χ2v) is 6.37. The van der Waals surface area contributed by atoms with Crippen molar-refractivity contribution < 1.29 is 0 Å². The Hall–Kier alpha value is -1.88. The Morgan fingerprint density at radius 3 is 3.10 bits per heavy atom. The molecule has 0 fully saturated rings. The third-order valence-corrected chi connectivity index (χ3v) is 4.73. The summed E-state index contributed by atoms with van der Waals surface area (Å²) in [6.45, 7) is 2.14. The van der Waals surface area contributed by atoms with E-state index in [-0.39, 0.29) is 5.96 Å². The summed E-state index contributed by atoms with van der Waals surface area (Å²) in [6.07, 6.45) is 3.18. The summed E-state index contributed by atoms with van der Waals surface area (Å²) in [5.41, 5.74) is 9.26. The molecule has 1 atom stereocenters. The molecule has 20 heavy (non-hydrogen) atoms. The second-order valence-electron chi connectivity index (χ2n) is 5.28. The molecule has 0 saturated heterocycles. The molecule has 4 nitrogen and oxygen atoms in total. The lowest BCUT2D eigenvalue weighted by Gasteiger charge is -2.21. The minimum Gasteiger partial charge on any atom is -0.370 e. The maximum Gasteiger partial charge on any atom is 0.192 e. The van der Waals surface area contributed by atoms with E-state index in [9.17, 15) is 0 Å². The van der Waals surface area contributed by atoms with Gasteiger partial charge in [-0.3, -0.25) is 5.41 Å². The normalized spacial score (nSPS) is 17.6. The van der Waals surface area contributed by atoms with Gasteiger partial charge in [0.05, 0.1) is 5.69 Å². The van der Waals surface area contributed by atoms with Crippen LogP contribution in [0.15, 0.2) is 24.3 Å². The molecule has 104 valence electrons. The van der Waals surface area contributed by atoms with Crippen molar-refractivity contribution in [3.63, 3.8) is 0 Å². The van der Waals surface area contributed by atoms with Crippen LogP contribution in [0.3, 0.4) is 0 Å². The number of nitrogens with one attached hydrogen (secondary N) is 2. The van der Waals surface area contributed by atoms with Gasteiger partial charge in [-0.05, 0) is 37.7 Å². The van der Waals surface area contributed by atoms with E-state index in [0.717, 1.165) is 24.4 Å². The lowest BCUT2D eigenvalue weighted by molar-refractivity contribution is 0.584. The monoisotopic (exact) mass is 286 g/mol. The lowest BCUT2D eigenvalue weighted by Crippen LogP contribution is -2.20. The van der Waals surface area contributed by atoms with Crippen molar-refractivity contribution in [2.75, 3.05) is 5.32 Å². The predicted octanol–water partition coefficient (Wildman–Crippen LogP) is 3.03. The molecule has 0 aliphatic heterocycles. The SMILES string of the molecule is Cc1cccc([C@H]2CCc3nc(NC(=N)N)sc3C2)c1. The number of benzene rings is 1. The zero-order valence-corrected chi connectivity index (χ0v) is 12.3. The molecule has 1 aromatic heterocycles. The van der Waals surface area contributed by atoms with Gasteiger partial charge in [0.2, 0.25) is 0 Å². The molecule has 2 aromatic rings. The molecule has 4 N–H and O–H groups in total. The van der Waals surface area contributed by atoms with Crippen LogP contribution >= 0.6 is 11.3 Å². The molecule has 0 amide bonds. The van der Waals surface area contributed by atoms with Gasteiger partial charge in [0, 0.05) is 4.88 Å². The Balaban J connectivity index is 1.81. The summed E-state index contributed by atoms with van der Waals surface area (Å²) in [7, 11) is 0. The van der Waals surface area contributed by atoms with Crippen LogP contribution < -0.4 is 11.1 Å². The minimum atomic E-state index is -0.0497. The number of fused-ring (bicyclic) bond motifs is 1. The van der Waals surface area contributed by atoms with Crippen LogP contribution in [0.4, 0.5) is 5.13 Å². The van der Waals surface area contributed by atoms with Crippen molar-refractivity contribution in [1.82, 2.24) is 4.98 Å². The van der Waals surface area contributed by atoms with Gasteiger partial charge in [-0.15, -0.1) is 11.3 Å². The Bertz CT molecular complexity index is 647. The van der Waals surface area contributed by atoms with E-state index >= 15 is 0 Å². The average Bonchev–Trinajstić information content (AvgIpc) is 2.78. The van der Waals surface area contributed by atoms with E-state index in [0.29, 0.717) is 5.92 Å². The van der Waals surface area contributed by atoms with Crippen molar-refractivity contribution in [3.8, 4) is 0 Å². The van der Waals surface area contributed by atoms with E-state index in [4.69, 9.17) is 11.1 Å². The van der Waals surface area contributed by atoms with Crippen LogP contribution in [0.2, 0.25) is 0 Å². The number of nitrogens with two attached hydrogens (primary N) is 1. The van der Waals surface area contributed by atoms with Crippen LogP contribution in [0.5, 0.6) is 0 Å². The summed E-state index contributed by atoms with van der Waals surface area (Å²) >= 11 is 1.62. The topological polar surface area (TPSA) is 74.8 Å². The highest BCUT2D eigenvalue weighted by Gasteiger charge is 2.23. The Morgan fingerprint density at radius 1 is 1.50 bits per heavy atom. The van der Waals surface area contributed by atoms with Gasteiger partial charge in [-0.1, -0.05) is 29.8 Å². The molecule has 1 aromatic carbocycles. The minimum absolute atomic E-state index is 0.0497. The van der Waals surface area contributed by atoms with Gasteiger partial charge >= 0.3 is 0 Å². The highest BCUT2D eigenvalue weighted by Crippen LogP contribution is 2.37. The lowest BCUT2D eigenvalue weighted by atomic mass is 9.85. The zero-order valence-electron chi connectivity index (χ0n) is 11.4. The largest absolute Gasteiger partial charge is 0.370 e. The third-order valence-electron chi connectivity index (χ3n) is 3.69. The molecule has 3 rings (SSSR count). The van der Waals surface area contributed by atoms with Crippen molar-refractivity contribution in [1.29, 1.82) is 5.41 Å². The molecule has 5 heteroatoms. The van der Waals surface area contributed by atoms with Crippen LogP contribution in [-0.2, 0) is 12.8 Å². The molecule has 1 aliphatic rings. The summed E-state index contributed by atoms with van der Waals surface area (Å²) in [5.74, 6) is 0.527. The van der Waals surface area contributed by atoms with Crippen molar-refractivity contribution >= 4 is 22.4 Å². The summed E-state index contributed by atoms with van der Waals surface area (Å²) < 4.78 is 0. The molecule has 0 unspecified atom stereocenters. The van der Waals surface area contributed by atoms with E-state index < -0.39 is 0 Å². The Kier molecular flexibility index (Phi) is 3.44. The molecular weight excluding hydrogens is 268 g/mol. The Morgan fingerprint density at radius 2 is 2.35 bits per heavy atom. The van der Waals surface area contributed by atoms with Gasteiger partial charge < -0.3 is 11.1 Å². The smallest absolute Gasteiger partial charge is 0.192 e. The number of nitrogens with zero attached hydrogens (tertiary/aromatic N) is 1. The predicted molar refractivity (Wildman–Crippen MR) is 83.6 cm³/mol. The maximum absolute atomic E-state index is 7.27. The van der Waals surface area contributed by atoms with Gasteiger partial charge in [0.1, 0.15) is 0 Å². The second kappa shape index (κ2) is 5.25. The fourth-order valence-corrected chi connectivity index (χ4v) is 3.85. The van der Waals surface area contributed by atoms with Crippen molar-refractivity contribution in [2.45, 2.75) is 32.1 Å². The summed E-state index contributed by atoms with van der Waals surface area (Å²) in [6, 6.07) is 8.78. The average molecular weight is 286 g/mol. The first-order valence-corrected chi connectivity index (χ1v) is 7.59. The number of guanidine groups is 1. The molecule has 0 radical (unpaired) electrons. The summed E-state index contributed by atoms with van der Waals surface area (Å²) in [4.78, 5) is 5.85. The molecular formula is C15H18N4S. The van der Waals surface area contributed by atoms with Crippen LogP contribution in [0.1, 0.15) is 34.0 Å². The first-order valence-electron chi connectivity index (χ1n) is 6.78. The van der Waals surface area contributed by atoms with Gasteiger partial charge in [0.15, 0.2) is 11.1 Å². The van der Waals surface area contributed by atoms with Crippen molar-refractivity contribution in [2.24, 2.45) is 5.73 Å². The maximum atomic E-state index is 7.27. The Labute approximate surface area is 122 Å². The fraction of sp³-hybridized carbons (Fsp3) is 0.333. The molecule has 1 heterocycles. The highest BCUT2D eigenvalue weighted by atomic mass is 32.1. The zero-order chi connectivity index (χ0) is 14.1. The number of aryl methyl sites for hydroxylation is 2. The van der Waals surface area contributed by atoms with E-state index in [1.807, 2.05) is 0 Å². The third kappa shape index (κ3) is 2.67. The van der Waals surface area contributed by atoms with E-state index in [2.05, 4.69) is 41.5 Å². The number of rotatable bonds is 2. The molecule has 0 bridgehead atoms. The van der Waals surface area contributed by atoms with E-state index in [1.54, 1.807) is 11.3 Å². The summed E-state index contributed by atoms with van der Waals surface area (Å²) in [5, 5.41) is 10.8. The fourth-order valence-electron chi connectivity index (χ4n) is 2.75. The van der Waals surface area contributed by atoms with Crippen LogP contribution in [0, 0.1) is 12.3 Å². The van der Waals surface area contributed by atoms with Crippen molar-refractivity contribution in [3.05, 3.63) is 46.0 Å². The molecule has 0 saturated carbocycles. The standard InChI is InChI=1S/C15H18N4S/c1-9-3-2-4-10(7-9)11-5-6-12-13(8-11)20-15(18-12)19-14(16)17/h2-4,7,11H,5-6,8H2,1H3,(H4,16,17,18,19)/t11-/m0/s1. The van der Waals surface area contributed by atoms with Gasteiger partial charge in [0.25, 0.3) is 0 Å². The van der Waals surface area contributed by atoms with Gasteiger partial charge in [-0.2, -0.15) is 0 Å². The van der Waals surface area contributed by atoms with Crippen LogP contribution in [0.25, 0.3) is 0 Å².